The van der Waals surface area contributed by atoms with Crippen molar-refractivity contribution >= 4 is 23.3 Å². The van der Waals surface area contributed by atoms with Crippen LogP contribution in [0.4, 0.5) is 11.5 Å². The summed E-state index contributed by atoms with van der Waals surface area (Å²) in [5.41, 5.74) is 2.16. The maximum Gasteiger partial charge on any atom is 0.252 e. The summed E-state index contributed by atoms with van der Waals surface area (Å²) in [5, 5.41) is 6.08. The molecule has 29 heavy (non-hydrogen) atoms. The fraction of sp³-hybridized carbons (Fsp3) is 0.409. The summed E-state index contributed by atoms with van der Waals surface area (Å²) >= 11 is 0. The molecular formula is C22H27N5O2. The SMILES string of the molecule is CCN1CCC(CNC(=O)c2cnc3c(c2)N(Cc2ccccc2)C(=O)CN3)C1. The molecule has 1 fully saturated rings. The summed E-state index contributed by atoms with van der Waals surface area (Å²) in [4.78, 5) is 33.7. The van der Waals surface area contributed by atoms with Crippen LogP contribution in [-0.4, -0.2) is 54.4 Å². The first-order valence-electron chi connectivity index (χ1n) is 10.2. The molecule has 1 aromatic carbocycles. The van der Waals surface area contributed by atoms with Gasteiger partial charge in [0.15, 0.2) is 5.82 Å². The molecule has 2 aliphatic heterocycles. The van der Waals surface area contributed by atoms with E-state index in [1.165, 1.54) is 0 Å². The van der Waals surface area contributed by atoms with Gasteiger partial charge >= 0.3 is 0 Å². The molecular weight excluding hydrogens is 366 g/mol. The second-order valence-electron chi connectivity index (χ2n) is 7.67. The van der Waals surface area contributed by atoms with Gasteiger partial charge in [-0.25, -0.2) is 4.98 Å². The highest BCUT2D eigenvalue weighted by atomic mass is 16.2. The molecule has 0 radical (unpaired) electrons. The van der Waals surface area contributed by atoms with Crippen LogP contribution >= 0.6 is 0 Å². The zero-order valence-corrected chi connectivity index (χ0v) is 16.7. The Hall–Kier alpha value is -2.93. The van der Waals surface area contributed by atoms with E-state index in [0.29, 0.717) is 36.1 Å². The van der Waals surface area contributed by atoms with Crippen molar-refractivity contribution in [2.75, 3.05) is 42.9 Å². The van der Waals surface area contributed by atoms with Crippen LogP contribution in [0.15, 0.2) is 42.6 Å². The van der Waals surface area contributed by atoms with Gasteiger partial charge in [-0.3, -0.25) is 9.59 Å². The molecule has 1 aromatic heterocycles. The molecule has 1 saturated heterocycles. The summed E-state index contributed by atoms with van der Waals surface area (Å²) in [6.07, 6.45) is 2.69. The van der Waals surface area contributed by atoms with Crippen LogP contribution in [0, 0.1) is 5.92 Å². The third kappa shape index (κ3) is 4.40. The average molecular weight is 393 g/mol. The van der Waals surface area contributed by atoms with E-state index in [1.54, 1.807) is 17.2 Å². The lowest BCUT2D eigenvalue weighted by molar-refractivity contribution is -0.117. The second-order valence-corrected chi connectivity index (χ2v) is 7.67. The number of hydrogen-bond acceptors (Lipinski definition) is 5. The van der Waals surface area contributed by atoms with Gasteiger partial charge in [0.2, 0.25) is 5.91 Å². The Morgan fingerprint density at radius 1 is 1.31 bits per heavy atom. The molecule has 7 nitrogen and oxygen atoms in total. The summed E-state index contributed by atoms with van der Waals surface area (Å²) in [5.74, 6) is 0.938. The number of nitrogens with zero attached hydrogens (tertiary/aromatic N) is 3. The zero-order valence-electron chi connectivity index (χ0n) is 16.7. The highest BCUT2D eigenvalue weighted by Gasteiger charge is 2.27. The van der Waals surface area contributed by atoms with Crippen LogP contribution in [0.3, 0.4) is 0 Å². The monoisotopic (exact) mass is 393 g/mol. The van der Waals surface area contributed by atoms with E-state index in [0.717, 1.165) is 31.6 Å². The lowest BCUT2D eigenvalue weighted by Crippen LogP contribution is -2.40. The maximum atomic E-state index is 12.7. The average Bonchev–Trinajstić information content (AvgIpc) is 3.22. The van der Waals surface area contributed by atoms with Gasteiger partial charge in [-0.15, -0.1) is 0 Å². The molecule has 152 valence electrons. The van der Waals surface area contributed by atoms with E-state index < -0.39 is 0 Å². The van der Waals surface area contributed by atoms with Gasteiger partial charge in [0.25, 0.3) is 5.91 Å². The molecule has 0 saturated carbocycles. The van der Waals surface area contributed by atoms with Crippen molar-refractivity contribution in [2.24, 2.45) is 5.92 Å². The molecule has 0 aliphatic carbocycles. The molecule has 2 aliphatic rings. The third-order valence-electron chi connectivity index (χ3n) is 5.68. The Balaban J connectivity index is 1.47. The van der Waals surface area contributed by atoms with E-state index >= 15 is 0 Å². The van der Waals surface area contributed by atoms with Crippen molar-refractivity contribution in [2.45, 2.75) is 19.9 Å². The first-order valence-corrected chi connectivity index (χ1v) is 10.2. The molecule has 2 N–H and O–H groups in total. The quantitative estimate of drug-likeness (QED) is 0.786. The summed E-state index contributed by atoms with van der Waals surface area (Å²) < 4.78 is 0. The Morgan fingerprint density at radius 3 is 2.90 bits per heavy atom. The molecule has 0 spiro atoms. The smallest absolute Gasteiger partial charge is 0.252 e. The number of amides is 2. The van der Waals surface area contributed by atoms with Crippen molar-refractivity contribution in [3.63, 3.8) is 0 Å². The number of likely N-dealkylation sites (tertiary alicyclic amines) is 1. The Labute approximate surface area is 171 Å². The topological polar surface area (TPSA) is 77.6 Å². The number of carbonyl (C=O) groups is 2. The lowest BCUT2D eigenvalue weighted by atomic mass is 10.1. The molecule has 0 bridgehead atoms. The minimum atomic E-state index is -0.145. The number of anilines is 2. The maximum absolute atomic E-state index is 12.7. The minimum Gasteiger partial charge on any atom is -0.359 e. The van der Waals surface area contributed by atoms with Crippen LogP contribution < -0.4 is 15.5 Å². The lowest BCUT2D eigenvalue weighted by Gasteiger charge is -2.29. The Bertz CT molecular complexity index is 886. The van der Waals surface area contributed by atoms with Crippen LogP contribution in [-0.2, 0) is 11.3 Å². The van der Waals surface area contributed by atoms with Crippen LogP contribution in [0.1, 0.15) is 29.3 Å². The normalized spacial score (nSPS) is 19.0. The standard InChI is InChI=1S/C22H27N5O2/c1-2-26-9-8-17(14-26)11-25-22(29)18-10-19-21(23-12-18)24-13-20(28)27(19)15-16-6-4-3-5-7-16/h3-7,10,12,17H,2,8-9,11,13-15H2,1H3,(H,23,24)(H,25,29). The molecule has 1 unspecified atom stereocenters. The number of hydrogen-bond donors (Lipinski definition) is 2. The van der Waals surface area contributed by atoms with Crippen LogP contribution in [0.2, 0.25) is 0 Å². The number of fused-ring (bicyclic) bond motifs is 1. The number of pyridine rings is 1. The van der Waals surface area contributed by atoms with Gasteiger partial charge in [-0.2, -0.15) is 0 Å². The van der Waals surface area contributed by atoms with E-state index in [-0.39, 0.29) is 18.4 Å². The first-order chi connectivity index (χ1) is 14.1. The first kappa shape index (κ1) is 19.4. The zero-order chi connectivity index (χ0) is 20.2. The highest BCUT2D eigenvalue weighted by Crippen LogP contribution is 2.29. The fourth-order valence-electron chi connectivity index (χ4n) is 3.95. The number of rotatable bonds is 6. The fourth-order valence-corrected chi connectivity index (χ4v) is 3.95. The predicted molar refractivity (Wildman–Crippen MR) is 113 cm³/mol. The van der Waals surface area contributed by atoms with E-state index in [1.807, 2.05) is 30.3 Å². The van der Waals surface area contributed by atoms with Gasteiger partial charge in [-0.1, -0.05) is 37.3 Å². The number of carbonyl (C=O) groups excluding carboxylic acids is 2. The van der Waals surface area contributed by atoms with Crippen LogP contribution in [0.25, 0.3) is 0 Å². The molecule has 3 heterocycles. The molecule has 7 heteroatoms. The minimum absolute atomic E-state index is 0.0358. The van der Waals surface area contributed by atoms with Gasteiger partial charge in [0.05, 0.1) is 24.3 Å². The molecule has 1 atom stereocenters. The summed E-state index contributed by atoms with van der Waals surface area (Å²) in [6, 6.07) is 11.6. The predicted octanol–water partition coefficient (Wildman–Crippen LogP) is 2.11. The van der Waals surface area contributed by atoms with Gasteiger partial charge in [0.1, 0.15) is 0 Å². The molecule has 2 aromatic rings. The van der Waals surface area contributed by atoms with E-state index in [4.69, 9.17) is 0 Å². The van der Waals surface area contributed by atoms with Crippen molar-refractivity contribution in [3.8, 4) is 0 Å². The van der Waals surface area contributed by atoms with E-state index in [2.05, 4.69) is 27.4 Å². The van der Waals surface area contributed by atoms with Crippen molar-refractivity contribution in [1.29, 1.82) is 0 Å². The number of benzene rings is 1. The Morgan fingerprint density at radius 2 is 2.14 bits per heavy atom. The number of nitrogens with one attached hydrogen (secondary N) is 2. The highest BCUT2D eigenvalue weighted by molar-refractivity contribution is 6.04. The number of aromatic nitrogens is 1. The van der Waals surface area contributed by atoms with Crippen LogP contribution in [0.5, 0.6) is 0 Å². The van der Waals surface area contributed by atoms with Gasteiger partial charge < -0.3 is 20.4 Å². The Kier molecular flexibility index (Phi) is 5.76. The summed E-state index contributed by atoms with van der Waals surface area (Å²) in [6.45, 7) is 6.66. The van der Waals surface area contributed by atoms with Crippen molar-refractivity contribution in [1.82, 2.24) is 15.2 Å². The van der Waals surface area contributed by atoms with Crippen molar-refractivity contribution < 1.29 is 9.59 Å². The van der Waals surface area contributed by atoms with Crippen molar-refractivity contribution in [3.05, 3.63) is 53.7 Å². The van der Waals surface area contributed by atoms with Gasteiger partial charge in [0, 0.05) is 19.3 Å². The van der Waals surface area contributed by atoms with E-state index in [9.17, 15) is 9.59 Å². The largest absolute Gasteiger partial charge is 0.359 e. The molecule has 2 amide bonds. The third-order valence-corrected chi connectivity index (χ3v) is 5.68. The summed E-state index contributed by atoms with van der Waals surface area (Å²) in [7, 11) is 0. The second kappa shape index (κ2) is 8.61. The molecule has 4 rings (SSSR count). The van der Waals surface area contributed by atoms with Gasteiger partial charge in [-0.05, 0) is 37.1 Å².